The Morgan fingerprint density at radius 3 is 2.94 bits per heavy atom. The molecule has 2 saturated heterocycles. The summed E-state index contributed by atoms with van der Waals surface area (Å²) < 4.78 is 0. The van der Waals surface area contributed by atoms with Crippen LogP contribution in [0.3, 0.4) is 0 Å². The highest BCUT2D eigenvalue weighted by atomic mass is 35.5. The van der Waals surface area contributed by atoms with Gasteiger partial charge in [0.15, 0.2) is 5.82 Å². The Kier molecular flexibility index (Phi) is 3.59. The van der Waals surface area contributed by atoms with Gasteiger partial charge in [-0.1, -0.05) is 18.0 Å². The smallest absolute Gasteiger partial charge is 0.224 e. The Labute approximate surface area is 117 Å². The lowest BCUT2D eigenvalue weighted by Crippen LogP contribution is -2.55. The molecule has 0 amide bonds. The van der Waals surface area contributed by atoms with Crippen molar-refractivity contribution in [2.24, 2.45) is 0 Å². The van der Waals surface area contributed by atoms with Crippen LogP contribution in [0, 0.1) is 0 Å². The molecule has 1 aromatic heterocycles. The number of hydrogen-bond acceptors (Lipinski definition) is 4. The fraction of sp³-hybridized carbons (Fsp3) is 0.667. The average molecular weight is 287 g/mol. The number of anilines is 1. The molecule has 0 saturated carbocycles. The van der Waals surface area contributed by atoms with E-state index in [1.54, 1.807) is 6.20 Å². The number of hydrogen-bond donors (Lipinski definition) is 0. The maximum Gasteiger partial charge on any atom is 0.224 e. The molecule has 3 heterocycles. The first kappa shape index (κ1) is 12.5. The number of halogens is 2. The van der Waals surface area contributed by atoms with E-state index in [4.69, 9.17) is 23.2 Å². The van der Waals surface area contributed by atoms with E-state index >= 15 is 0 Å². The van der Waals surface area contributed by atoms with Gasteiger partial charge in [0.2, 0.25) is 5.28 Å². The Bertz CT molecular complexity index is 440. The molecule has 1 atom stereocenters. The van der Waals surface area contributed by atoms with E-state index < -0.39 is 0 Å². The second-order valence-electron chi connectivity index (χ2n) is 4.94. The third-order valence-electron chi connectivity index (χ3n) is 3.83. The summed E-state index contributed by atoms with van der Waals surface area (Å²) in [5.41, 5.74) is 0. The predicted octanol–water partition coefficient (Wildman–Crippen LogP) is 2.46. The number of piperazine rings is 1. The summed E-state index contributed by atoms with van der Waals surface area (Å²) in [5.74, 6) is 0.780. The molecule has 0 N–H and O–H groups in total. The Morgan fingerprint density at radius 1 is 1.17 bits per heavy atom. The van der Waals surface area contributed by atoms with E-state index in [0.717, 1.165) is 25.5 Å². The van der Waals surface area contributed by atoms with E-state index in [0.29, 0.717) is 11.1 Å². The van der Waals surface area contributed by atoms with Crippen LogP contribution in [0.25, 0.3) is 0 Å². The van der Waals surface area contributed by atoms with Crippen LogP contribution in [0.1, 0.15) is 19.3 Å². The van der Waals surface area contributed by atoms with Gasteiger partial charge in [0.05, 0.1) is 6.20 Å². The van der Waals surface area contributed by atoms with Crippen molar-refractivity contribution in [3.63, 3.8) is 0 Å². The van der Waals surface area contributed by atoms with Crippen molar-refractivity contribution in [2.45, 2.75) is 25.3 Å². The quantitative estimate of drug-likeness (QED) is 0.743. The van der Waals surface area contributed by atoms with Crippen LogP contribution in [0.15, 0.2) is 6.20 Å². The summed E-state index contributed by atoms with van der Waals surface area (Å²) in [6.07, 6.45) is 5.51. The second-order valence-corrected chi connectivity index (χ2v) is 5.69. The molecule has 2 aliphatic rings. The molecule has 2 aliphatic heterocycles. The highest BCUT2D eigenvalue weighted by Gasteiger charge is 2.30. The Morgan fingerprint density at radius 2 is 2.06 bits per heavy atom. The fourth-order valence-corrected chi connectivity index (χ4v) is 3.25. The third-order valence-corrected chi connectivity index (χ3v) is 4.28. The monoisotopic (exact) mass is 286 g/mol. The van der Waals surface area contributed by atoms with Gasteiger partial charge in [0.25, 0.3) is 0 Å². The number of piperidine rings is 1. The van der Waals surface area contributed by atoms with Crippen LogP contribution >= 0.6 is 23.2 Å². The molecular formula is C12H16Cl2N4. The largest absolute Gasteiger partial charge is 0.352 e. The van der Waals surface area contributed by atoms with Crippen LogP contribution < -0.4 is 4.90 Å². The fourth-order valence-electron chi connectivity index (χ4n) is 2.91. The van der Waals surface area contributed by atoms with E-state index in [9.17, 15) is 0 Å². The molecule has 0 radical (unpaired) electrons. The zero-order chi connectivity index (χ0) is 12.5. The van der Waals surface area contributed by atoms with E-state index in [1.165, 1.54) is 25.8 Å². The minimum atomic E-state index is 0.264. The van der Waals surface area contributed by atoms with Crippen LogP contribution in [-0.4, -0.2) is 47.1 Å². The Hall–Kier alpha value is -0.580. The zero-order valence-electron chi connectivity index (χ0n) is 10.1. The lowest BCUT2D eigenvalue weighted by atomic mass is 9.99. The lowest BCUT2D eigenvalue weighted by Gasteiger charge is -2.44. The molecule has 0 aromatic carbocycles. The minimum absolute atomic E-state index is 0.264. The third kappa shape index (κ3) is 2.42. The molecule has 18 heavy (non-hydrogen) atoms. The van der Waals surface area contributed by atoms with Gasteiger partial charge in [-0.15, -0.1) is 0 Å². The SMILES string of the molecule is Clc1ncc(Cl)c(N2CCN3CCCCC3C2)n1. The van der Waals surface area contributed by atoms with Gasteiger partial charge in [-0.25, -0.2) is 4.98 Å². The van der Waals surface area contributed by atoms with Crippen molar-refractivity contribution in [1.29, 1.82) is 0 Å². The van der Waals surface area contributed by atoms with Gasteiger partial charge in [-0.2, -0.15) is 4.98 Å². The van der Waals surface area contributed by atoms with Crippen molar-refractivity contribution in [3.8, 4) is 0 Å². The van der Waals surface area contributed by atoms with Gasteiger partial charge >= 0.3 is 0 Å². The summed E-state index contributed by atoms with van der Waals surface area (Å²) in [5, 5.41) is 0.851. The second kappa shape index (κ2) is 5.19. The normalized spacial score (nSPS) is 25.0. The molecular weight excluding hydrogens is 271 g/mol. The maximum absolute atomic E-state index is 6.17. The predicted molar refractivity (Wildman–Crippen MR) is 73.5 cm³/mol. The molecule has 3 rings (SSSR count). The van der Waals surface area contributed by atoms with E-state index in [-0.39, 0.29) is 5.28 Å². The highest BCUT2D eigenvalue weighted by molar-refractivity contribution is 6.33. The lowest BCUT2D eigenvalue weighted by molar-refractivity contribution is 0.133. The van der Waals surface area contributed by atoms with Crippen molar-refractivity contribution in [2.75, 3.05) is 31.1 Å². The van der Waals surface area contributed by atoms with Gasteiger partial charge < -0.3 is 4.90 Å². The molecule has 0 bridgehead atoms. The highest BCUT2D eigenvalue weighted by Crippen LogP contribution is 2.28. The van der Waals surface area contributed by atoms with E-state index in [2.05, 4.69) is 19.8 Å². The van der Waals surface area contributed by atoms with Gasteiger partial charge in [-0.3, -0.25) is 4.90 Å². The van der Waals surface area contributed by atoms with E-state index in [1.807, 2.05) is 0 Å². The molecule has 1 aromatic rings. The summed E-state index contributed by atoms with van der Waals surface area (Å²) in [6.45, 7) is 4.27. The molecule has 4 nitrogen and oxygen atoms in total. The van der Waals surface area contributed by atoms with Crippen LogP contribution in [0.5, 0.6) is 0 Å². The van der Waals surface area contributed by atoms with Gasteiger partial charge in [0.1, 0.15) is 5.02 Å². The number of rotatable bonds is 1. The number of fused-ring (bicyclic) bond motifs is 1. The standard InChI is InChI=1S/C12H16Cl2N4/c13-10-7-15-12(14)16-11(10)18-6-5-17-4-2-1-3-9(17)8-18/h7,9H,1-6,8H2. The van der Waals surface area contributed by atoms with Gasteiger partial charge in [0, 0.05) is 25.7 Å². The van der Waals surface area contributed by atoms with Crippen LogP contribution in [-0.2, 0) is 0 Å². The topological polar surface area (TPSA) is 32.3 Å². The summed E-state index contributed by atoms with van der Waals surface area (Å²) in [6, 6.07) is 0.636. The van der Waals surface area contributed by atoms with Crippen molar-refractivity contribution in [1.82, 2.24) is 14.9 Å². The minimum Gasteiger partial charge on any atom is -0.352 e. The number of nitrogens with zero attached hydrogens (tertiary/aromatic N) is 4. The molecule has 2 fully saturated rings. The average Bonchev–Trinajstić information content (AvgIpc) is 2.41. The van der Waals surface area contributed by atoms with Gasteiger partial charge in [-0.05, 0) is 31.0 Å². The van der Waals surface area contributed by atoms with Crippen LogP contribution in [0.4, 0.5) is 5.82 Å². The first-order valence-electron chi connectivity index (χ1n) is 6.41. The molecule has 0 aliphatic carbocycles. The number of aromatic nitrogens is 2. The summed E-state index contributed by atoms with van der Waals surface area (Å²) in [4.78, 5) is 13.0. The maximum atomic E-state index is 6.17. The first-order valence-corrected chi connectivity index (χ1v) is 7.16. The zero-order valence-corrected chi connectivity index (χ0v) is 11.7. The van der Waals surface area contributed by atoms with Crippen molar-refractivity contribution in [3.05, 3.63) is 16.5 Å². The van der Waals surface area contributed by atoms with Crippen molar-refractivity contribution < 1.29 is 0 Å². The molecule has 1 unspecified atom stereocenters. The Balaban J connectivity index is 1.79. The first-order chi connectivity index (χ1) is 8.74. The summed E-state index contributed by atoms with van der Waals surface area (Å²) >= 11 is 12.0. The van der Waals surface area contributed by atoms with Crippen LogP contribution in [0.2, 0.25) is 10.3 Å². The molecule has 6 heteroatoms. The molecule has 98 valence electrons. The summed E-state index contributed by atoms with van der Waals surface area (Å²) in [7, 11) is 0. The van der Waals surface area contributed by atoms with Crippen molar-refractivity contribution >= 4 is 29.0 Å². The molecule has 0 spiro atoms.